The standard InChI is InChI=1S/C21H22Cl3N3O2/c1-13-5-7-15(8-6-13)19(29)25-20(21(22,23)24)26-10-14-9-16(12-26)17-3-2-4-18(28)27(17)11-14/h2-8,14,16,20H,9-12H2,1H3,(H,25,29)/p+1/t14-,16+,20-/m0/s1. The number of piperidine rings is 1. The first-order valence-electron chi connectivity index (χ1n) is 9.71. The number of nitrogens with one attached hydrogen (secondary N) is 2. The molecule has 8 heteroatoms. The molecule has 0 spiro atoms. The van der Waals surface area contributed by atoms with Gasteiger partial charge in [0, 0.05) is 35.7 Å². The second-order valence-corrected chi connectivity index (χ2v) is 10.4. The number of aryl methyl sites for hydroxylation is 1. The Hall–Kier alpha value is -1.53. The van der Waals surface area contributed by atoms with Crippen molar-refractivity contribution in [1.82, 2.24) is 9.88 Å². The molecule has 29 heavy (non-hydrogen) atoms. The second-order valence-electron chi connectivity index (χ2n) is 8.08. The van der Waals surface area contributed by atoms with E-state index in [1.807, 2.05) is 29.7 Å². The molecule has 0 saturated carbocycles. The van der Waals surface area contributed by atoms with Crippen LogP contribution >= 0.6 is 34.8 Å². The average Bonchev–Trinajstić information content (AvgIpc) is 2.66. The summed E-state index contributed by atoms with van der Waals surface area (Å²) in [5.41, 5.74) is 2.66. The van der Waals surface area contributed by atoms with Gasteiger partial charge in [-0.05, 0) is 31.5 Å². The normalized spacial score (nSPS) is 24.5. The number of carbonyl (C=O) groups is 1. The summed E-state index contributed by atoms with van der Waals surface area (Å²) >= 11 is 18.9. The molecular weight excluding hydrogens is 433 g/mol. The van der Waals surface area contributed by atoms with Gasteiger partial charge in [0.2, 0.25) is 6.17 Å². The zero-order chi connectivity index (χ0) is 20.8. The van der Waals surface area contributed by atoms with Crippen molar-refractivity contribution in [3.63, 3.8) is 0 Å². The molecule has 2 N–H and O–H groups in total. The van der Waals surface area contributed by atoms with Crippen LogP contribution in [0.5, 0.6) is 0 Å². The Morgan fingerprint density at radius 2 is 1.90 bits per heavy atom. The first-order valence-corrected chi connectivity index (χ1v) is 10.8. The van der Waals surface area contributed by atoms with Gasteiger partial charge in [-0.2, -0.15) is 0 Å². The van der Waals surface area contributed by atoms with Crippen molar-refractivity contribution in [2.75, 3.05) is 13.1 Å². The van der Waals surface area contributed by atoms with Gasteiger partial charge in [0.05, 0.1) is 13.1 Å². The lowest BCUT2D eigenvalue weighted by Crippen LogP contribution is -3.21. The number of halogens is 3. The predicted octanol–water partition coefficient (Wildman–Crippen LogP) is 2.29. The Balaban J connectivity index is 1.58. The van der Waals surface area contributed by atoms with Crippen LogP contribution in [0.25, 0.3) is 0 Å². The van der Waals surface area contributed by atoms with Crippen LogP contribution in [-0.4, -0.2) is 33.5 Å². The maximum atomic E-state index is 12.8. The third kappa shape index (κ3) is 4.33. The van der Waals surface area contributed by atoms with E-state index in [4.69, 9.17) is 34.8 Å². The molecule has 4 rings (SSSR count). The SMILES string of the molecule is Cc1ccc(C(=O)N[C@@H]([NH+]2C[C@@H]3C[C@H](C2)c2cccc(=O)n2C3)C(Cl)(Cl)Cl)cc1. The molecule has 2 aliphatic rings. The minimum absolute atomic E-state index is 0.0336. The van der Waals surface area contributed by atoms with Gasteiger partial charge in [-0.25, -0.2) is 0 Å². The summed E-state index contributed by atoms with van der Waals surface area (Å²) in [5, 5.41) is 2.95. The zero-order valence-electron chi connectivity index (χ0n) is 16.0. The molecule has 1 amide bonds. The number of rotatable bonds is 3. The summed E-state index contributed by atoms with van der Waals surface area (Å²) in [4.78, 5) is 26.1. The summed E-state index contributed by atoms with van der Waals surface area (Å²) in [6.45, 7) is 4.04. The van der Waals surface area contributed by atoms with Gasteiger partial charge < -0.3 is 9.47 Å². The van der Waals surface area contributed by atoms with E-state index in [2.05, 4.69) is 5.32 Å². The molecule has 1 saturated heterocycles. The Kier molecular flexibility index (Phi) is 5.68. The van der Waals surface area contributed by atoms with E-state index in [1.54, 1.807) is 24.3 Å². The highest BCUT2D eigenvalue weighted by atomic mass is 35.6. The van der Waals surface area contributed by atoms with Crippen LogP contribution in [0.4, 0.5) is 0 Å². The number of benzene rings is 1. The minimum atomic E-state index is -1.66. The summed E-state index contributed by atoms with van der Waals surface area (Å²) < 4.78 is 0.211. The minimum Gasteiger partial charge on any atom is -0.312 e. The highest BCUT2D eigenvalue weighted by Gasteiger charge is 2.47. The fourth-order valence-corrected chi connectivity index (χ4v) is 5.25. The fraction of sp³-hybridized carbons (Fsp3) is 0.429. The first kappa shape index (κ1) is 20.7. The van der Waals surface area contributed by atoms with Gasteiger partial charge in [-0.1, -0.05) is 58.6 Å². The number of nitrogens with zero attached hydrogens (tertiary/aromatic N) is 1. The zero-order valence-corrected chi connectivity index (χ0v) is 18.3. The Labute approximate surface area is 184 Å². The van der Waals surface area contributed by atoms with Gasteiger partial charge in [-0.15, -0.1) is 0 Å². The monoisotopic (exact) mass is 454 g/mol. The van der Waals surface area contributed by atoms with E-state index >= 15 is 0 Å². The van der Waals surface area contributed by atoms with Crippen LogP contribution in [0.2, 0.25) is 0 Å². The second kappa shape index (κ2) is 7.95. The Morgan fingerprint density at radius 1 is 1.17 bits per heavy atom. The molecule has 5 nitrogen and oxygen atoms in total. The first-order chi connectivity index (χ1) is 13.7. The molecule has 4 atom stereocenters. The highest BCUT2D eigenvalue weighted by Crippen LogP contribution is 2.33. The number of hydrogen-bond donors (Lipinski definition) is 2. The highest BCUT2D eigenvalue weighted by molar-refractivity contribution is 6.68. The van der Waals surface area contributed by atoms with Crippen LogP contribution < -0.4 is 15.8 Å². The molecule has 1 unspecified atom stereocenters. The van der Waals surface area contributed by atoms with Crippen molar-refractivity contribution in [1.29, 1.82) is 0 Å². The van der Waals surface area contributed by atoms with Crippen molar-refractivity contribution < 1.29 is 9.69 Å². The van der Waals surface area contributed by atoms with Crippen molar-refractivity contribution in [3.8, 4) is 0 Å². The van der Waals surface area contributed by atoms with Crippen LogP contribution in [-0.2, 0) is 6.54 Å². The molecule has 0 aliphatic carbocycles. The van der Waals surface area contributed by atoms with Gasteiger partial charge >= 0.3 is 0 Å². The Morgan fingerprint density at radius 3 is 2.59 bits per heavy atom. The predicted molar refractivity (Wildman–Crippen MR) is 115 cm³/mol. The van der Waals surface area contributed by atoms with E-state index in [0.717, 1.165) is 29.1 Å². The summed E-state index contributed by atoms with van der Waals surface area (Å²) in [6.07, 6.45) is 0.319. The van der Waals surface area contributed by atoms with E-state index in [9.17, 15) is 9.59 Å². The van der Waals surface area contributed by atoms with Crippen molar-refractivity contribution in [2.45, 2.75) is 35.8 Å². The quantitative estimate of drug-likeness (QED) is 0.698. The van der Waals surface area contributed by atoms with E-state index in [-0.39, 0.29) is 17.4 Å². The molecular formula is C21H23Cl3N3O2+. The number of pyridine rings is 1. The van der Waals surface area contributed by atoms with E-state index in [0.29, 0.717) is 24.6 Å². The number of alkyl halides is 3. The maximum absolute atomic E-state index is 12.8. The molecule has 2 aromatic rings. The van der Waals surface area contributed by atoms with Gasteiger partial charge in [0.25, 0.3) is 15.3 Å². The summed E-state index contributed by atoms with van der Waals surface area (Å²) in [6, 6.07) is 12.7. The van der Waals surface area contributed by atoms with Gasteiger partial charge in [-0.3, -0.25) is 14.9 Å². The largest absolute Gasteiger partial charge is 0.312 e. The molecule has 3 heterocycles. The van der Waals surface area contributed by atoms with Crippen molar-refractivity contribution >= 4 is 40.7 Å². The lowest BCUT2D eigenvalue weighted by atomic mass is 9.83. The molecule has 1 aromatic heterocycles. The summed E-state index contributed by atoms with van der Waals surface area (Å²) in [7, 11) is 0. The molecule has 1 fully saturated rings. The van der Waals surface area contributed by atoms with Gasteiger partial charge in [0.15, 0.2) is 0 Å². The molecule has 154 valence electrons. The number of fused-ring (bicyclic) bond motifs is 4. The van der Waals surface area contributed by atoms with E-state index < -0.39 is 9.96 Å². The molecule has 2 aliphatic heterocycles. The maximum Gasteiger partial charge on any atom is 0.262 e. The number of likely N-dealkylation sites (tertiary alicyclic amines) is 1. The van der Waals surface area contributed by atoms with Crippen LogP contribution in [0, 0.1) is 12.8 Å². The topological polar surface area (TPSA) is 55.5 Å². The number of quaternary nitrogens is 1. The van der Waals surface area contributed by atoms with Crippen LogP contribution in [0.1, 0.15) is 34.0 Å². The van der Waals surface area contributed by atoms with Gasteiger partial charge in [0.1, 0.15) is 0 Å². The van der Waals surface area contributed by atoms with Crippen molar-refractivity contribution in [3.05, 3.63) is 69.6 Å². The fourth-order valence-electron chi connectivity index (χ4n) is 4.62. The Bertz CT molecular complexity index is 968. The van der Waals surface area contributed by atoms with Crippen LogP contribution in [0.3, 0.4) is 0 Å². The molecule has 1 aromatic carbocycles. The lowest BCUT2D eigenvalue weighted by molar-refractivity contribution is -0.937. The van der Waals surface area contributed by atoms with Crippen molar-refractivity contribution in [2.24, 2.45) is 5.92 Å². The molecule has 2 bridgehead atoms. The number of aromatic nitrogens is 1. The van der Waals surface area contributed by atoms with E-state index in [1.165, 1.54) is 0 Å². The third-order valence-corrected chi connectivity index (χ3v) is 6.60. The lowest BCUT2D eigenvalue weighted by Gasteiger charge is -2.44. The number of carbonyl (C=O) groups excluding carboxylic acids is 1. The number of hydrogen-bond acceptors (Lipinski definition) is 2. The third-order valence-electron chi connectivity index (χ3n) is 5.94. The molecule has 0 radical (unpaired) electrons. The average molecular weight is 456 g/mol. The number of amides is 1. The smallest absolute Gasteiger partial charge is 0.262 e. The summed E-state index contributed by atoms with van der Waals surface area (Å²) in [5.74, 6) is 0.223. The van der Waals surface area contributed by atoms with Crippen LogP contribution in [0.15, 0.2) is 47.3 Å².